The summed E-state index contributed by atoms with van der Waals surface area (Å²) in [6, 6.07) is 14.2. The summed E-state index contributed by atoms with van der Waals surface area (Å²) in [6.07, 6.45) is -1.17. The number of aliphatic hydroxyl groups excluding tert-OH is 1. The van der Waals surface area contributed by atoms with Crippen molar-refractivity contribution < 1.29 is 9.50 Å². The Morgan fingerprint density at radius 1 is 1.10 bits per heavy atom. The predicted octanol–water partition coefficient (Wildman–Crippen LogP) is 4.87. The molecule has 1 N–H and O–H groups in total. The van der Waals surface area contributed by atoms with Crippen LogP contribution in [-0.2, 0) is 0 Å². The van der Waals surface area contributed by atoms with Gasteiger partial charge in [-0.05, 0) is 34.1 Å². The second-order valence-corrected chi connectivity index (χ2v) is 5.83. The van der Waals surface area contributed by atoms with E-state index < -0.39 is 11.9 Å². The van der Waals surface area contributed by atoms with Crippen LogP contribution in [0.15, 0.2) is 53.0 Å². The highest BCUT2D eigenvalue weighted by atomic mass is 79.9. The van der Waals surface area contributed by atoms with Gasteiger partial charge in [-0.3, -0.25) is 0 Å². The molecule has 0 radical (unpaired) electrons. The second-order valence-electron chi connectivity index (χ2n) is 4.60. The number of aromatic nitrogens is 1. The lowest BCUT2D eigenvalue weighted by Gasteiger charge is -2.13. The van der Waals surface area contributed by atoms with Crippen molar-refractivity contribution >= 4 is 38.4 Å². The first-order valence-electron chi connectivity index (χ1n) is 6.25. The largest absolute Gasteiger partial charge is 0.382 e. The van der Waals surface area contributed by atoms with E-state index in [2.05, 4.69) is 20.9 Å². The molecule has 0 saturated heterocycles. The molecule has 21 heavy (non-hydrogen) atoms. The molecule has 1 heterocycles. The fourth-order valence-corrected chi connectivity index (χ4v) is 2.62. The third-order valence-corrected chi connectivity index (χ3v) is 4.52. The van der Waals surface area contributed by atoms with Crippen LogP contribution in [0, 0.1) is 5.82 Å². The molecule has 2 nitrogen and oxygen atoms in total. The van der Waals surface area contributed by atoms with Gasteiger partial charge in [0.1, 0.15) is 11.9 Å². The maximum Gasteiger partial charge on any atom is 0.149 e. The number of halogens is 3. The normalized spacial score (nSPS) is 12.6. The van der Waals surface area contributed by atoms with Crippen LogP contribution in [0.2, 0.25) is 5.02 Å². The van der Waals surface area contributed by atoms with E-state index in [4.69, 9.17) is 11.6 Å². The molecular formula is C16H10BrClFNO. The topological polar surface area (TPSA) is 33.1 Å². The minimum Gasteiger partial charge on any atom is -0.382 e. The summed E-state index contributed by atoms with van der Waals surface area (Å²) in [5.74, 6) is -0.645. The Balaban J connectivity index is 2.08. The van der Waals surface area contributed by atoms with Gasteiger partial charge in [0, 0.05) is 15.4 Å². The molecule has 3 rings (SSSR count). The molecule has 0 aliphatic carbocycles. The number of hydrogen-bond donors (Lipinski definition) is 1. The van der Waals surface area contributed by atoms with Crippen LogP contribution in [0.3, 0.4) is 0 Å². The Morgan fingerprint density at radius 3 is 2.67 bits per heavy atom. The first kappa shape index (κ1) is 14.4. The van der Waals surface area contributed by atoms with E-state index in [1.54, 1.807) is 12.1 Å². The highest BCUT2D eigenvalue weighted by Gasteiger charge is 2.19. The van der Waals surface area contributed by atoms with Gasteiger partial charge in [0.25, 0.3) is 0 Å². The number of benzene rings is 2. The Hall–Kier alpha value is -1.49. The zero-order valence-electron chi connectivity index (χ0n) is 10.7. The van der Waals surface area contributed by atoms with Crippen molar-refractivity contribution in [1.82, 2.24) is 4.98 Å². The second kappa shape index (κ2) is 5.72. The van der Waals surface area contributed by atoms with Gasteiger partial charge in [-0.15, -0.1) is 0 Å². The van der Waals surface area contributed by atoms with Gasteiger partial charge in [0.2, 0.25) is 0 Å². The average Bonchev–Trinajstić information content (AvgIpc) is 2.52. The van der Waals surface area contributed by atoms with E-state index in [0.29, 0.717) is 10.2 Å². The molecule has 0 amide bonds. The fourth-order valence-electron chi connectivity index (χ4n) is 2.15. The highest BCUT2D eigenvalue weighted by molar-refractivity contribution is 9.10. The number of fused-ring (bicyclic) bond motifs is 1. The van der Waals surface area contributed by atoms with Crippen LogP contribution < -0.4 is 0 Å². The summed E-state index contributed by atoms with van der Waals surface area (Å²) < 4.78 is 14.6. The number of para-hydroxylation sites is 1. The Kier molecular flexibility index (Phi) is 3.93. The number of nitrogens with zero attached hydrogens (tertiary/aromatic N) is 1. The molecule has 0 bridgehead atoms. The van der Waals surface area contributed by atoms with Gasteiger partial charge in [0.05, 0.1) is 16.2 Å². The maximum absolute atomic E-state index is 14.2. The van der Waals surface area contributed by atoms with E-state index in [9.17, 15) is 9.50 Å². The molecular weight excluding hydrogens is 357 g/mol. The van der Waals surface area contributed by atoms with Crippen LogP contribution in [0.25, 0.3) is 10.9 Å². The van der Waals surface area contributed by atoms with E-state index in [-0.39, 0.29) is 10.6 Å². The first-order chi connectivity index (χ1) is 10.1. The van der Waals surface area contributed by atoms with Gasteiger partial charge in [-0.25, -0.2) is 9.37 Å². The van der Waals surface area contributed by atoms with Gasteiger partial charge in [-0.1, -0.05) is 41.9 Å². The van der Waals surface area contributed by atoms with Crippen molar-refractivity contribution in [3.8, 4) is 0 Å². The third-order valence-electron chi connectivity index (χ3n) is 3.26. The van der Waals surface area contributed by atoms with Crippen LogP contribution >= 0.6 is 27.5 Å². The summed E-state index contributed by atoms with van der Waals surface area (Å²) >= 11 is 9.00. The lowest BCUT2D eigenvalue weighted by Crippen LogP contribution is -2.05. The average molecular weight is 367 g/mol. The molecule has 0 spiro atoms. The van der Waals surface area contributed by atoms with Crippen molar-refractivity contribution in [2.24, 2.45) is 0 Å². The van der Waals surface area contributed by atoms with Crippen molar-refractivity contribution in [2.45, 2.75) is 6.10 Å². The predicted molar refractivity (Wildman–Crippen MR) is 84.9 cm³/mol. The summed E-state index contributed by atoms with van der Waals surface area (Å²) in [6.45, 7) is 0. The quantitative estimate of drug-likeness (QED) is 0.656. The lowest BCUT2D eigenvalue weighted by molar-refractivity contribution is 0.210. The molecule has 0 aliphatic heterocycles. The van der Waals surface area contributed by atoms with Crippen molar-refractivity contribution in [3.63, 3.8) is 0 Å². The van der Waals surface area contributed by atoms with Crippen LogP contribution in [-0.4, -0.2) is 10.1 Å². The van der Waals surface area contributed by atoms with E-state index in [1.165, 1.54) is 6.07 Å². The molecule has 0 fully saturated rings. The van der Waals surface area contributed by atoms with E-state index in [0.717, 1.165) is 10.9 Å². The van der Waals surface area contributed by atoms with Gasteiger partial charge >= 0.3 is 0 Å². The minimum atomic E-state index is -1.17. The Labute approximate surface area is 134 Å². The maximum atomic E-state index is 14.2. The van der Waals surface area contributed by atoms with E-state index in [1.807, 2.05) is 30.3 Å². The summed E-state index contributed by atoms with van der Waals surface area (Å²) in [5, 5.41) is 11.3. The number of aliphatic hydroxyl groups is 1. The van der Waals surface area contributed by atoms with Crippen molar-refractivity contribution in [1.29, 1.82) is 0 Å². The summed E-state index contributed by atoms with van der Waals surface area (Å²) in [4.78, 5) is 4.37. The standard InChI is InChI=1S/C16H10BrClFNO/c17-11-7-6-10(15(19)14(11)18)16(21)13-8-5-9-3-1-2-4-12(9)20-13/h1-8,16,21H. The molecule has 1 atom stereocenters. The van der Waals surface area contributed by atoms with Crippen molar-refractivity contribution in [2.75, 3.05) is 0 Å². The van der Waals surface area contributed by atoms with Gasteiger partial charge in [0.15, 0.2) is 0 Å². The SMILES string of the molecule is OC(c1ccc2ccccc2n1)c1ccc(Br)c(Cl)c1F. The fraction of sp³-hybridized carbons (Fsp3) is 0.0625. The number of hydrogen-bond acceptors (Lipinski definition) is 2. The van der Waals surface area contributed by atoms with Crippen LogP contribution in [0.1, 0.15) is 17.4 Å². The molecule has 0 saturated carbocycles. The van der Waals surface area contributed by atoms with Crippen LogP contribution in [0.5, 0.6) is 0 Å². The monoisotopic (exact) mass is 365 g/mol. The summed E-state index contributed by atoms with van der Waals surface area (Å²) in [7, 11) is 0. The Bertz CT molecular complexity index is 824. The molecule has 1 unspecified atom stereocenters. The molecule has 3 aromatic rings. The lowest BCUT2D eigenvalue weighted by atomic mass is 10.0. The summed E-state index contributed by atoms with van der Waals surface area (Å²) in [5.41, 5.74) is 1.23. The molecule has 0 aliphatic rings. The Morgan fingerprint density at radius 2 is 1.86 bits per heavy atom. The highest BCUT2D eigenvalue weighted by Crippen LogP contribution is 2.32. The van der Waals surface area contributed by atoms with Gasteiger partial charge in [-0.2, -0.15) is 0 Å². The van der Waals surface area contributed by atoms with Crippen molar-refractivity contribution in [3.05, 3.63) is 75.1 Å². The molecule has 106 valence electrons. The zero-order chi connectivity index (χ0) is 15.0. The zero-order valence-corrected chi connectivity index (χ0v) is 13.1. The number of rotatable bonds is 2. The van der Waals surface area contributed by atoms with E-state index >= 15 is 0 Å². The third kappa shape index (κ3) is 2.67. The molecule has 1 aromatic heterocycles. The number of pyridine rings is 1. The molecule has 5 heteroatoms. The van der Waals surface area contributed by atoms with Gasteiger partial charge < -0.3 is 5.11 Å². The van der Waals surface area contributed by atoms with Crippen LogP contribution in [0.4, 0.5) is 4.39 Å². The first-order valence-corrected chi connectivity index (χ1v) is 7.42. The molecule has 2 aromatic carbocycles. The smallest absolute Gasteiger partial charge is 0.149 e. The minimum absolute atomic E-state index is 0.0488.